The lowest BCUT2D eigenvalue weighted by molar-refractivity contribution is 0.0697. The number of aromatic carboxylic acids is 1. The quantitative estimate of drug-likeness (QED) is 0.794. The number of carbonyl (C=O) groups is 1. The number of nitrogens with one attached hydrogen (secondary N) is 1. The van der Waals surface area contributed by atoms with Crippen LogP contribution in [0.15, 0.2) is 48.5 Å². The van der Waals surface area contributed by atoms with E-state index in [-0.39, 0.29) is 0 Å². The van der Waals surface area contributed by atoms with Gasteiger partial charge in [-0.05, 0) is 48.2 Å². The molecule has 0 aliphatic rings. The predicted molar refractivity (Wildman–Crippen MR) is 85.8 cm³/mol. The first-order chi connectivity index (χ1) is 10.2. The Morgan fingerprint density at radius 1 is 1.10 bits per heavy atom. The van der Waals surface area contributed by atoms with Gasteiger partial charge in [-0.1, -0.05) is 37.6 Å². The molecule has 2 rings (SSSR count). The van der Waals surface area contributed by atoms with Gasteiger partial charge in [-0.25, -0.2) is 4.79 Å². The minimum atomic E-state index is -0.892. The zero-order chi connectivity index (χ0) is 15.1. The topological polar surface area (TPSA) is 49.3 Å². The van der Waals surface area contributed by atoms with Crippen molar-refractivity contribution in [2.24, 2.45) is 0 Å². The molecule has 0 aromatic heterocycles. The molecule has 2 aromatic carbocycles. The van der Waals surface area contributed by atoms with E-state index in [0.717, 1.165) is 17.7 Å². The molecule has 0 aliphatic carbocycles. The number of carboxylic acids is 1. The lowest BCUT2D eigenvalue weighted by Gasteiger charge is -2.08. The monoisotopic (exact) mass is 283 g/mol. The number of hydrogen-bond acceptors (Lipinski definition) is 2. The molecule has 0 unspecified atom stereocenters. The molecule has 0 saturated carbocycles. The van der Waals surface area contributed by atoms with E-state index >= 15 is 0 Å². The van der Waals surface area contributed by atoms with Crippen LogP contribution in [0.4, 0.5) is 5.69 Å². The Hall–Kier alpha value is -2.29. The molecule has 0 spiro atoms. The fourth-order valence-electron chi connectivity index (χ4n) is 2.19. The van der Waals surface area contributed by atoms with E-state index in [1.54, 1.807) is 18.2 Å². The Balaban J connectivity index is 1.93. The summed E-state index contributed by atoms with van der Waals surface area (Å²) < 4.78 is 0. The summed E-state index contributed by atoms with van der Waals surface area (Å²) in [7, 11) is 0. The van der Waals surface area contributed by atoms with Gasteiger partial charge in [0, 0.05) is 12.2 Å². The summed E-state index contributed by atoms with van der Waals surface area (Å²) in [4.78, 5) is 10.9. The maximum Gasteiger partial charge on any atom is 0.335 e. The molecule has 21 heavy (non-hydrogen) atoms. The fourth-order valence-corrected chi connectivity index (χ4v) is 2.19. The average Bonchev–Trinajstić information content (AvgIpc) is 2.52. The van der Waals surface area contributed by atoms with Crippen molar-refractivity contribution in [2.45, 2.75) is 32.7 Å². The van der Waals surface area contributed by atoms with Crippen molar-refractivity contribution in [2.75, 3.05) is 5.32 Å². The molecular formula is C18H21NO2. The maximum absolute atomic E-state index is 10.9. The number of aryl methyl sites for hydroxylation is 1. The second kappa shape index (κ2) is 7.48. The lowest BCUT2D eigenvalue weighted by atomic mass is 10.1. The minimum Gasteiger partial charge on any atom is -0.478 e. The van der Waals surface area contributed by atoms with Crippen LogP contribution in [0, 0.1) is 0 Å². The third-order valence-electron chi connectivity index (χ3n) is 3.44. The van der Waals surface area contributed by atoms with E-state index in [9.17, 15) is 4.79 Å². The highest BCUT2D eigenvalue weighted by Crippen LogP contribution is 2.13. The molecule has 2 aromatic rings. The summed E-state index contributed by atoms with van der Waals surface area (Å²) in [5.41, 5.74) is 3.69. The van der Waals surface area contributed by atoms with Crippen LogP contribution in [0.5, 0.6) is 0 Å². The number of rotatable bonds is 7. The van der Waals surface area contributed by atoms with E-state index in [2.05, 4.69) is 36.5 Å². The first-order valence-electron chi connectivity index (χ1n) is 7.34. The predicted octanol–water partition coefficient (Wildman–Crippen LogP) is 4.34. The van der Waals surface area contributed by atoms with Crippen molar-refractivity contribution in [3.05, 3.63) is 65.2 Å². The Morgan fingerprint density at radius 3 is 2.52 bits per heavy atom. The summed E-state index contributed by atoms with van der Waals surface area (Å²) in [5, 5.41) is 12.3. The number of benzene rings is 2. The molecule has 0 bridgehead atoms. The standard InChI is InChI=1S/C18H21NO2/c1-2-3-5-14-8-10-17(11-9-14)19-13-15-6-4-7-16(12-15)18(20)21/h4,6-12,19H,2-3,5,13H2,1H3,(H,20,21). The molecule has 0 saturated heterocycles. The molecule has 0 amide bonds. The van der Waals surface area contributed by atoms with Crippen LogP contribution in [0.2, 0.25) is 0 Å². The van der Waals surface area contributed by atoms with Gasteiger partial charge in [0.05, 0.1) is 5.56 Å². The molecule has 2 N–H and O–H groups in total. The third-order valence-corrected chi connectivity index (χ3v) is 3.44. The highest BCUT2D eigenvalue weighted by Gasteiger charge is 2.03. The smallest absolute Gasteiger partial charge is 0.335 e. The van der Waals surface area contributed by atoms with Crippen LogP contribution in [0.25, 0.3) is 0 Å². The number of hydrogen-bond donors (Lipinski definition) is 2. The fraction of sp³-hybridized carbons (Fsp3) is 0.278. The maximum atomic E-state index is 10.9. The van der Waals surface area contributed by atoms with Crippen molar-refractivity contribution in [1.82, 2.24) is 0 Å². The summed E-state index contributed by atoms with van der Waals surface area (Å²) in [6.07, 6.45) is 3.55. The van der Waals surface area contributed by atoms with Crippen molar-refractivity contribution in [3.8, 4) is 0 Å². The van der Waals surface area contributed by atoms with Gasteiger partial charge < -0.3 is 10.4 Å². The molecule has 110 valence electrons. The van der Waals surface area contributed by atoms with Gasteiger partial charge in [0.15, 0.2) is 0 Å². The zero-order valence-corrected chi connectivity index (χ0v) is 12.3. The van der Waals surface area contributed by atoms with Crippen LogP contribution in [-0.4, -0.2) is 11.1 Å². The third kappa shape index (κ3) is 4.63. The van der Waals surface area contributed by atoms with E-state index in [4.69, 9.17) is 5.11 Å². The first kappa shape index (κ1) is 15.1. The van der Waals surface area contributed by atoms with Crippen molar-refractivity contribution in [1.29, 1.82) is 0 Å². The molecule has 3 heteroatoms. The Bertz CT molecular complexity index is 590. The Labute approximate surface area is 125 Å². The van der Waals surface area contributed by atoms with E-state index in [1.807, 2.05) is 6.07 Å². The molecule has 0 radical (unpaired) electrons. The highest BCUT2D eigenvalue weighted by molar-refractivity contribution is 5.87. The van der Waals surface area contributed by atoms with Crippen LogP contribution >= 0.6 is 0 Å². The van der Waals surface area contributed by atoms with Gasteiger partial charge in [0.25, 0.3) is 0 Å². The van der Waals surface area contributed by atoms with Gasteiger partial charge >= 0.3 is 5.97 Å². The summed E-state index contributed by atoms with van der Waals surface area (Å²) in [6.45, 7) is 2.82. The Kier molecular flexibility index (Phi) is 5.38. The van der Waals surface area contributed by atoms with Crippen LogP contribution in [0.1, 0.15) is 41.3 Å². The van der Waals surface area contributed by atoms with Crippen molar-refractivity contribution >= 4 is 11.7 Å². The van der Waals surface area contributed by atoms with E-state index < -0.39 is 5.97 Å². The normalized spacial score (nSPS) is 10.3. The minimum absolute atomic E-state index is 0.323. The van der Waals surface area contributed by atoms with E-state index in [0.29, 0.717) is 12.1 Å². The van der Waals surface area contributed by atoms with Crippen molar-refractivity contribution in [3.63, 3.8) is 0 Å². The van der Waals surface area contributed by atoms with Gasteiger partial charge in [-0.3, -0.25) is 0 Å². The molecule has 0 atom stereocenters. The molecule has 0 fully saturated rings. The lowest BCUT2D eigenvalue weighted by Crippen LogP contribution is -2.02. The van der Waals surface area contributed by atoms with Gasteiger partial charge in [0.1, 0.15) is 0 Å². The second-order valence-electron chi connectivity index (χ2n) is 5.16. The van der Waals surface area contributed by atoms with Crippen molar-refractivity contribution < 1.29 is 9.90 Å². The number of anilines is 1. The molecule has 0 heterocycles. The summed E-state index contributed by atoms with van der Waals surface area (Å²) in [6, 6.07) is 15.4. The number of unbranched alkanes of at least 4 members (excludes halogenated alkanes) is 1. The Morgan fingerprint density at radius 2 is 1.86 bits per heavy atom. The second-order valence-corrected chi connectivity index (χ2v) is 5.16. The van der Waals surface area contributed by atoms with Crippen LogP contribution in [-0.2, 0) is 13.0 Å². The number of carboxylic acid groups (broad SMARTS) is 1. The van der Waals surface area contributed by atoms with Crippen LogP contribution < -0.4 is 5.32 Å². The van der Waals surface area contributed by atoms with E-state index in [1.165, 1.54) is 18.4 Å². The summed E-state index contributed by atoms with van der Waals surface area (Å²) in [5.74, 6) is -0.892. The zero-order valence-electron chi connectivity index (χ0n) is 12.3. The van der Waals surface area contributed by atoms with Crippen LogP contribution in [0.3, 0.4) is 0 Å². The average molecular weight is 283 g/mol. The highest BCUT2D eigenvalue weighted by atomic mass is 16.4. The van der Waals surface area contributed by atoms with Gasteiger partial charge in [0.2, 0.25) is 0 Å². The van der Waals surface area contributed by atoms with Gasteiger partial charge in [-0.2, -0.15) is 0 Å². The molecule has 3 nitrogen and oxygen atoms in total. The molecular weight excluding hydrogens is 262 g/mol. The molecule has 0 aliphatic heterocycles. The first-order valence-corrected chi connectivity index (χ1v) is 7.34. The largest absolute Gasteiger partial charge is 0.478 e. The summed E-state index contributed by atoms with van der Waals surface area (Å²) >= 11 is 0. The SMILES string of the molecule is CCCCc1ccc(NCc2cccc(C(=O)O)c2)cc1. The van der Waals surface area contributed by atoms with Gasteiger partial charge in [-0.15, -0.1) is 0 Å².